The fourth-order valence-electron chi connectivity index (χ4n) is 0.119. The first-order valence-corrected chi connectivity index (χ1v) is 13.3. The number of hydrogen-bond donors (Lipinski definition) is 2. The van der Waals surface area contributed by atoms with Gasteiger partial charge in [-0.15, -0.1) is 0 Å². The molecule has 0 rings (SSSR count). The predicted molar refractivity (Wildman–Crippen MR) is 17.7 cm³/mol. The first kappa shape index (κ1) is 9.59. The molecule has 0 aliphatic heterocycles. The van der Waals surface area contributed by atoms with Gasteiger partial charge in [-0.2, -0.15) is 0 Å². The quantitative estimate of drug-likeness (QED) is 0.533. The summed E-state index contributed by atoms with van der Waals surface area (Å²) in [5, 5.41) is 0. The van der Waals surface area contributed by atoms with Crippen molar-refractivity contribution in [2.75, 3.05) is 0 Å². The third kappa shape index (κ3) is 8.59. The Kier molecular flexibility index (Phi) is 6.04. The van der Waals surface area contributed by atoms with Crippen LogP contribution < -0.4 is 0 Å². The Morgan fingerprint density at radius 2 is 2.14 bits per heavy atom. The van der Waals surface area contributed by atoms with Crippen LogP contribution in [0.4, 0.5) is 0 Å². The maximum absolute atomic E-state index is 9.83. The van der Waals surface area contributed by atoms with Crippen LogP contribution in [0.25, 0.3) is 0 Å². The Bertz CT molecular complexity index is 85.7. The van der Waals surface area contributed by atoms with E-state index in [0.717, 1.165) is 0 Å². The second-order valence-corrected chi connectivity index (χ2v) is 7.97. The minimum atomic E-state index is -4.59. The molecule has 0 aliphatic carbocycles. The zero-order valence-electron chi connectivity index (χ0n) is 3.66. The molecule has 0 heterocycles. The Hall–Kier alpha value is 2.59. The average Bonchev–Trinajstić information content (AvgIpc) is 1.30. The van der Waals surface area contributed by atoms with Gasteiger partial charge in [0.25, 0.3) is 0 Å². The molecule has 7 heavy (non-hydrogen) atoms. The van der Waals surface area contributed by atoms with E-state index in [1.807, 2.05) is 0 Å². The normalized spacial score (nSPS) is 11.4. The van der Waals surface area contributed by atoms with Gasteiger partial charge in [-0.05, 0) is 0 Å². The van der Waals surface area contributed by atoms with Crippen molar-refractivity contribution in [1.29, 1.82) is 0 Å². The summed E-state index contributed by atoms with van der Waals surface area (Å²) in [4.78, 5) is 0. The zero-order valence-corrected chi connectivity index (χ0v) is 10.2. The molecule has 0 fully saturated rings. The van der Waals surface area contributed by atoms with E-state index < -0.39 is 23.3 Å². The Balaban J connectivity index is 3.36. The molecule has 0 atom stereocenters. The summed E-state index contributed by atoms with van der Waals surface area (Å²) in [6, 6.07) is 0. The van der Waals surface area contributed by atoms with Crippen molar-refractivity contribution in [1.82, 2.24) is 0 Å². The second-order valence-electron chi connectivity index (χ2n) is 0.786. The minimum absolute atomic E-state index is 0.495. The molecule has 0 spiro atoms. The molecule has 4 nitrogen and oxygen atoms in total. The van der Waals surface area contributed by atoms with Gasteiger partial charge < -0.3 is 0 Å². The van der Waals surface area contributed by atoms with Crippen LogP contribution in [-0.4, -0.2) is 66.3 Å². The van der Waals surface area contributed by atoms with Crippen molar-refractivity contribution < 1.29 is 23.1 Å². The molecular formula is H2AsKO4Ti. The Morgan fingerprint density at radius 1 is 1.71 bits per heavy atom. The number of rotatable bonds is 2. The summed E-state index contributed by atoms with van der Waals surface area (Å²) in [5.74, 6) is 0. The third-order valence-corrected chi connectivity index (χ3v) is 10.6. The van der Waals surface area contributed by atoms with Crippen LogP contribution in [0.5, 0.6) is 0 Å². The van der Waals surface area contributed by atoms with E-state index in [1.165, 1.54) is 0 Å². The van der Waals surface area contributed by atoms with Crippen molar-refractivity contribution in [3.8, 4) is 0 Å². The van der Waals surface area contributed by atoms with Crippen LogP contribution in [0.15, 0.2) is 0 Å². The van der Waals surface area contributed by atoms with Gasteiger partial charge in [0.15, 0.2) is 0 Å². The van der Waals surface area contributed by atoms with Crippen molar-refractivity contribution in [2.24, 2.45) is 0 Å². The zero-order chi connectivity index (χ0) is 5.91. The van der Waals surface area contributed by atoms with Crippen LogP contribution >= 0.6 is 0 Å². The molecule has 0 aliphatic rings. The molecule has 0 aromatic carbocycles. The van der Waals surface area contributed by atoms with E-state index >= 15 is 0 Å². The van der Waals surface area contributed by atoms with E-state index in [4.69, 9.17) is 8.19 Å². The standard InChI is InChI=1S/AsH3O4.K.Ti/c2-1(3,4)5;;/h(H3,2,3,4,5);;/q;;+1/p-1. The van der Waals surface area contributed by atoms with Gasteiger partial charge in [0.2, 0.25) is 0 Å². The topological polar surface area (TPSA) is 66.8 Å². The monoisotopic (exact) mass is 228 g/mol. The Labute approximate surface area is 78.9 Å². The number of hydrogen-bond acceptors (Lipinski definition) is 2. The summed E-state index contributed by atoms with van der Waals surface area (Å²) < 4.78 is 30.0. The predicted octanol–water partition coefficient (Wildman–Crippen LogP) is -2.07. The molecule has 36 valence electrons. The van der Waals surface area contributed by atoms with E-state index in [1.54, 1.807) is 0 Å². The average molecular weight is 228 g/mol. The molecule has 7 heteroatoms. The van der Waals surface area contributed by atoms with Gasteiger partial charge >= 0.3 is 81.2 Å². The molecule has 0 aromatic rings. The van der Waals surface area contributed by atoms with Crippen LogP contribution in [-0.2, 0) is 14.9 Å². The fourth-order valence-corrected chi connectivity index (χ4v) is 10.5. The van der Waals surface area contributed by atoms with E-state index in [2.05, 4.69) is 2.31 Å². The van der Waals surface area contributed by atoms with Crippen molar-refractivity contribution in [2.45, 2.75) is 0 Å². The van der Waals surface area contributed by atoms with Crippen LogP contribution in [0.1, 0.15) is 0 Å². The SMILES string of the molecule is O=[As](O)(O)[O][Ti][K]. The van der Waals surface area contributed by atoms with Crippen LogP contribution in [0, 0.1) is 0 Å². The summed E-state index contributed by atoms with van der Waals surface area (Å²) in [7, 11) is -0.639. The summed E-state index contributed by atoms with van der Waals surface area (Å²) in [5.41, 5.74) is 0. The fraction of sp³-hybridized carbons (Fsp3) is 0. The molecule has 0 unspecified atom stereocenters. The molecule has 0 saturated heterocycles. The molecule has 0 bridgehead atoms. The van der Waals surface area contributed by atoms with Gasteiger partial charge in [-0.25, -0.2) is 0 Å². The van der Waals surface area contributed by atoms with E-state index in [9.17, 15) is 3.74 Å². The van der Waals surface area contributed by atoms with Gasteiger partial charge in [-0.3, -0.25) is 0 Å². The second kappa shape index (κ2) is 4.41. The first-order chi connectivity index (χ1) is 3.06. The van der Waals surface area contributed by atoms with Gasteiger partial charge in [0.1, 0.15) is 0 Å². The van der Waals surface area contributed by atoms with E-state index in [0.29, 0.717) is 43.6 Å². The molecule has 0 amide bonds. The van der Waals surface area contributed by atoms with Crippen molar-refractivity contribution in [3.05, 3.63) is 0 Å². The summed E-state index contributed by atoms with van der Waals surface area (Å²) >= 11 is -4.10. The summed E-state index contributed by atoms with van der Waals surface area (Å²) in [6.45, 7) is 0. The third-order valence-electron chi connectivity index (χ3n) is 0.210. The van der Waals surface area contributed by atoms with Gasteiger partial charge in [0, 0.05) is 0 Å². The maximum atomic E-state index is 9.83. The van der Waals surface area contributed by atoms with Crippen LogP contribution in [0.3, 0.4) is 0 Å². The molecular weight excluding hydrogens is 226 g/mol. The molecule has 0 radical (unpaired) electrons. The molecule has 0 saturated carbocycles. The van der Waals surface area contributed by atoms with Crippen LogP contribution in [0.2, 0.25) is 0 Å². The van der Waals surface area contributed by atoms with Crippen molar-refractivity contribution >= 4 is 58.1 Å². The molecule has 0 aromatic heterocycles. The molecule has 2 N–H and O–H groups in total. The van der Waals surface area contributed by atoms with E-state index in [-0.39, 0.29) is 0 Å². The van der Waals surface area contributed by atoms with Gasteiger partial charge in [0.05, 0.1) is 0 Å². The van der Waals surface area contributed by atoms with Crippen molar-refractivity contribution in [3.63, 3.8) is 0 Å². The Morgan fingerprint density at radius 3 is 2.14 bits per heavy atom. The first-order valence-electron chi connectivity index (χ1n) is 1.47. The van der Waals surface area contributed by atoms with Gasteiger partial charge in [-0.1, -0.05) is 0 Å². The summed E-state index contributed by atoms with van der Waals surface area (Å²) in [6.07, 6.45) is 0.